The van der Waals surface area contributed by atoms with Crippen LogP contribution in [-0.4, -0.2) is 56.9 Å². The Balaban J connectivity index is 2.05. The number of hydrogen-bond acceptors (Lipinski definition) is 4. The maximum absolute atomic E-state index is 12.2. The van der Waals surface area contributed by atoms with Gasteiger partial charge in [0, 0.05) is 43.1 Å². The summed E-state index contributed by atoms with van der Waals surface area (Å²) in [5.74, 6) is -0.315. The Kier molecular flexibility index (Phi) is 5.02. The summed E-state index contributed by atoms with van der Waals surface area (Å²) >= 11 is 6.15. The molecule has 1 aromatic rings. The number of halogens is 1. The average Bonchev–Trinajstić information content (AvgIpc) is 2.48. The second-order valence-corrected chi connectivity index (χ2v) is 8.44. The first kappa shape index (κ1) is 17.1. The van der Waals surface area contributed by atoms with Gasteiger partial charge >= 0.3 is 0 Å². The van der Waals surface area contributed by atoms with Crippen molar-refractivity contribution in [1.82, 2.24) is 4.90 Å². The number of carbonyl (C=O) groups is 1. The van der Waals surface area contributed by atoms with E-state index in [0.717, 1.165) is 22.5 Å². The number of nitrogens with zero attached hydrogens (tertiary/aromatic N) is 2. The van der Waals surface area contributed by atoms with Crippen molar-refractivity contribution >= 4 is 33.0 Å². The molecular weight excluding hydrogens is 324 g/mol. The van der Waals surface area contributed by atoms with Gasteiger partial charge in [-0.05, 0) is 31.5 Å². The standard InChI is InChI=1S/C15H21ClN2O3S/c1-11-13(16)5-4-6-14(11)17-7-9-18(10-8-17)15(19)12(2)22(3,20)21/h4-6,12H,7-10H2,1-3H3. The predicted octanol–water partition coefficient (Wildman–Crippen LogP) is 1.73. The molecule has 1 aromatic carbocycles. The van der Waals surface area contributed by atoms with E-state index >= 15 is 0 Å². The third-order valence-corrected chi connectivity index (χ3v) is 6.06. The third kappa shape index (κ3) is 3.55. The van der Waals surface area contributed by atoms with Gasteiger partial charge in [-0.25, -0.2) is 8.42 Å². The minimum Gasteiger partial charge on any atom is -0.368 e. The Morgan fingerprint density at radius 3 is 2.36 bits per heavy atom. The molecule has 0 radical (unpaired) electrons. The molecular formula is C15H21ClN2O3S. The zero-order valence-corrected chi connectivity index (χ0v) is 14.6. The van der Waals surface area contributed by atoms with Gasteiger partial charge in [0.2, 0.25) is 5.91 Å². The van der Waals surface area contributed by atoms with Crippen LogP contribution in [0.4, 0.5) is 5.69 Å². The van der Waals surface area contributed by atoms with Crippen LogP contribution in [0.5, 0.6) is 0 Å². The molecule has 2 rings (SSSR count). The molecule has 0 spiro atoms. The summed E-state index contributed by atoms with van der Waals surface area (Å²) in [5.41, 5.74) is 2.09. The molecule has 0 N–H and O–H groups in total. The van der Waals surface area contributed by atoms with Crippen molar-refractivity contribution in [3.63, 3.8) is 0 Å². The van der Waals surface area contributed by atoms with Gasteiger partial charge in [-0.3, -0.25) is 4.79 Å². The number of anilines is 1. The van der Waals surface area contributed by atoms with Gasteiger partial charge in [0.1, 0.15) is 5.25 Å². The molecule has 1 amide bonds. The van der Waals surface area contributed by atoms with E-state index in [4.69, 9.17) is 11.6 Å². The molecule has 1 atom stereocenters. The minimum absolute atomic E-state index is 0.315. The summed E-state index contributed by atoms with van der Waals surface area (Å²) in [4.78, 5) is 16.0. The summed E-state index contributed by atoms with van der Waals surface area (Å²) in [5, 5.41) is -0.256. The Labute approximate surface area is 136 Å². The van der Waals surface area contributed by atoms with Crippen molar-refractivity contribution in [2.75, 3.05) is 37.3 Å². The SMILES string of the molecule is Cc1c(Cl)cccc1N1CCN(C(=O)C(C)S(C)(=O)=O)CC1. The van der Waals surface area contributed by atoms with Crippen LogP contribution >= 0.6 is 11.6 Å². The molecule has 122 valence electrons. The van der Waals surface area contributed by atoms with Gasteiger partial charge in [0.05, 0.1) is 0 Å². The largest absolute Gasteiger partial charge is 0.368 e. The minimum atomic E-state index is -3.35. The van der Waals surface area contributed by atoms with E-state index in [9.17, 15) is 13.2 Å². The van der Waals surface area contributed by atoms with Crippen molar-refractivity contribution in [3.05, 3.63) is 28.8 Å². The maximum Gasteiger partial charge on any atom is 0.240 e. The van der Waals surface area contributed by atoms with Crippen LogP contribution in [0.25, 0.3) is 0 Å². The molecule has 1 saturated heterocycles. The van der Waals surface area contributed by atoms with Crippen molar-refractivity contribution in [2.45, 2.75) is 19.1 Å². The highest BCUT2D eigenvalue weighted by atomic mass is 35.5. The molecule has 7 heteroatoms. The van der Waals surface area contributed by atoms with E-state index < -0.39 is 15.1 Å². The van der Waals surface area contributed by atoms with Gasteiger partial charge in [0.25, 0.3) is 0 Å². The van der Waals surface area contributed by atoms with Gasteiger partial charge in [-0.1, -0.05) is 17.7 Å². The summed E-state index contributed by atoms with van der Waals surface area (Å²) in [6.45, 7) is 5.80. The number of piperazine rings is 1. The van der Waals surface area contributed by atoms with E-state index in [1.54, 1.807) is 4.90 Å². The predicted molar refractivity (Wildman–Crippen MR) is 89.3 cm³/mol. The van der Waals surface area contributed by atoms with Crippen LogP contribution in [0.2, 0.25) is 5.02 Å². The van der Waals surface area contributed by atoms with Crippen LogP contribution in [0.1, 0.15) is 12.5 Å². The smallest absolute Gasteiger partial charge is 0.240 e. The van der Waals surface area contributed by atoms with Crippen LogP contribution in [0.3, 0.4) is 0 Å². The van der Waals surface area contributed by atoms with Gasteiger partial charge in [-0.15, -0.1) is 0 Å². The van der Waals surface area contributed by atoms with Gasteiger partial charge in [-0.2, -0.15) is 0 Å². The van der Waals surface area contributed by atoms with Crippen LogP contribution < -0.4 is 4.90 Å². The number of amides is 1. The molecule has 0 aliphatic carbocycles. The summed E-state index contributed by atoms with van der Waals surface area (Å²) in [6, 6.07) is 5.78. The van der Waals surface area contributed by atoms with Crippen LogP contribution in [0, 0.1) is 6.92 Å². The topological polar surface area (TPSA) is 57.7 Å². The molecule has 1 heterocycles. The normalized spacial score (nSPS) is 17.5. The summed E-state index contributed by atoms with van der Waals surface area (Å²) in [6.07, 6.45) is 1.10. The quantitative estimate of drug-likeness (QED) is 0.838. The zero-order valence-electron chi connectivity index (χ0n) is 13.0. The van der Waals surface area contributed by atoms with E-state index in [0.29, 0.717) is 26.2 Å². The Morgan fingerprint density at radius 1 is 1.23 bits per heavy atom. The number of sulfone groups is 1. The van der Waals surface area contributed by atoms with Gasteiger partial charge in [0.15, 0.2) is 9.84 Å². The Morgan fingerprint density at radius 2 is 1.82 bits per heavy atom. The van der Waals surface area contributed by atoms with Crippen molar-refractivity contribution < 1.29 is 13.2 Å². The molecule has 5 nitrogen and oxygen atoms in total. The van der Waals surface area contributed by atoms with Crippen molar-refractivity contribution in [2.24, 2.45) is 0 Å². The first-order valence-corrected chi connectivity index (χ1v) is 9.53. The Hall–Kier alpha value is -1.27. The number of carbonyl (C=O) groups excluding carboxylic acids is 1. The van der Waals surface area contributed by atoms with Gasteiger partial charge < -0.3 is 9.80 Å². The summed E-state index contributed by atoms with van der Waals surface area (Å²) in [7, 11) is -3.35. The first-order valence-electron chi connectivity index (χ1n) is 7.19. The molecule has 0 bridgehead atoms. The fourth-order valence-corrected chi connectivity index (χ4v) is 3.23. The van der Waals surface area contributed by atoms with E-state index in [1.807, 2.05) is 25.1 Å². The lowest BCUT2D eigenvalue weighted by Gasteiger charge is -2.37. The molecule has 1 aliphatic rings. The third-order valence-electron chi connectivity index (χ3n) is 4.16. The van der Waals surface area contributed by atoms with Crippen LogP contribution in [0.15, 0.2) is 18.2 Å². The second-order valence-electron chi connectivity index (χ2n) is 5.67. The molecule has 0 aromatic heterocycles. The molecule has 1 fully saturated rings. The molecule has 0 saturated carbocycles. The fraction of sp³-hybridized carbons (Fsp3) is 0.533. The molecule has 22 heavy (non-hydrogen) atoms. The number of benzene rings is 1. The van der Waals surface area contributed by atoms with E-state index in [1.165, 1.54) is 6.92 Å². The van der Waals surface area contributed by atoms with Crippen molar-refractivity contribution in [1.29, 1.82) is 0 Å². The highest BCUT2D eigenvalue weighted by Crippen LogP contribution is 2.27. The van der Waals surface area contributed by atoms with Crippen LogP contribution in [-0.2, 0) is 14.6 Å². The Bertz CT molecular complexity index is 667. The maximum atomic E-state index is 12.2. The molecule has 1 unspecified atom stereocenters. The summed E-state index contributed by atoms with van der Waals surface area (Å²) < 4.78 is 23.0. The monoisotopic (exact) mass is 344 g/mol. The van der Waals surface area contributed by atoms with E-state index in [2.05, 4.69) is 4.90 Å². The fourth-order valence-electron chi connectivity index (χ4n) is 2.55. The number of rotatable bonds is 3. The first-order chi connectivity index (χ1) is 10.2. The highest BCUT2D eigenvalue weighted by Gasteiger charge is 2.30. The zero-order chi connectivity index (χ0) is 16.5. The number of hydrogen-bond donors (Lipinski definition) is 0. The van der Waals surface area contributed by atoms with Crippen molar-refractivity contribution in [3.8, 4) is 0 Å². The lowest BCUT2D eigenvalue weighted by Crippen LogP contribution is -2.52. The van der Waals surface area contributed by atoms with E-state index in [-0.39, 0.29) is 5.91 Å². The highest BCUT2D eigenvalue weighted by molar-refractivity contribution is 7.92. The average molecular weight is 345 g/mol. The lowest BCUT2D eigenvalue weighted by molar-refractivity contribution is -0.130. The lowest BCUT2D eigenvalue weighted by atomic mass is 10.1. The molecule has 1 aliphatic heterocycles. The second kappa shape index (κ2) is 6.46.